The van der Waals surface area contributed by atoms with Gasteiger partial charge in [-0.1, -0.05) is 45.8 Å². The van der Waals surface area contributed by atoms with Crippen molar-refractivity contribution in [3.8, 4) is 0 Å². The summed E-state index contributed by atoms with van der Waals surface area (Å²) in [5, 5.41) is 4.29. The van der Waals surface area contributed by atoms with Gasteiger partial charge in [-0.05, 0) is 44.0 Å². The number of alkyl halides is 1. The molecule has 1 aromatic rings. The van der Waals surface area contributed by atoms with Gasteiger partial charge in [0.2, 0.25) is 0 Å². The SMILES string of the molecule is O=C(c1ccc(Cl)c(Cl)c1)[C@]1(CCI)CCCNC1. The summed E-state index contributed by atoms with van der Waals surface area (Å²) in [5.74, 6) is 0.190. The van der Waals surface area contributed by atoms with Crippen LogP contribution in [-0.4, -0.2) is 23.3 Å². The molecule has 0 aliphatic carbocycles. The van der Waals surface area contributed by atoms with Crippen LogP contribution in [0.25, 0.3) is 0 Å². The number of piperidine rings is 1. The first-order chi connectivity index (χ1) is 9.09. The fraction of sp³-hybridized carbons (Fsp3) is 0.500. The molecule has 1 N–H and O–H groups in total. The lowest BCUT2D eigenvalue weighted by Crippen LogP contribution is -2.45. The van der Waals surface area contributed by atoms with Gasteiger partial charge >= 0.3 is 0 Å². The minimum Gasteiger partial charge on any atom is -0.316 e. The van der Waals surface area contributed by atoms with E-state index in [0.717, 1.165) is 36.8 Å². The van der Waals surface area contributed by atoms with Gasteiger partial charge in [0, 0.05) is 22.0 Å². The van der Waals surface area contributed by atoms with Gasteiger partial charge in [0.25, 0.3) is 0 Å². The molecule has 0 unspecified atom stereocenters. The highest BCUT2D eigenvalue weighted by Gasteiger charge is 2.39. The standard InChI is InChI=1S/C14H16Cl2INO/c15-11-3-2-10(8-12(11)16)13(19)14(5-6-17)4-1-7-18-9-14/h2-3,8,18H,1,4-7,9H2/t14-/m0/s1. The van der Waals surface area contributed by atoms with Crippen LogP contribution in [0.4, 0.5) is 0 Å². The molecule has 0 spiro atoms. The molecule has 5 heteroatoms. The minimum absolute atomic E-state index is 0.190. The third-order valence-corrected chi connectivity index (χ3v) is 4.99. The van der Waals surface area contributed by atoms with Crippen LogP contribution in [0.15, 0.2) is 18.2 Å². The maximum atomic E-state index is 12.8. The van der Waals surface area contributed by atoms with E-state index in [-0.39, 0.29) is 11.2 Å². The molecule has 2 nitrogen and oxygen atoms in total. The number of rotatable bonds is 4. The number of benzene rings is 1. The normalized spacial score (nSPS) is 23.3. The number of hydrogen-bond donors (Lipinski definition) is 1. The van der Waals surface area contributed by atoms with Crippen molar-refractivity contribution in [3.05, 3.63) is 33.8 Å². The van der Waals surface area contributed by atoms with Gasteiger partial charge in [0.05, 0.1) is 10.0 Å². The topological polar surface area (TPSA) is 29.1 Å². The van der Waals surface area contributed by atoms with Crippen LogP contribution in [-0.2, 0) is 0 Å². The van der Waals surface area contributed by atoms with Crippen LogP contribution < -0.4 is 5.32 Å². The molecular weight excluding hydrogens is 396 g/mol. The van der Waals surface area contributed by atoms with Gasteiger partial charge in [-0.3, -0.25) is 4.79 Å². The Morgan fingerprint density at radius 1 is 1.37 bits per heavy atom. The second-order valence-electron chi connectivity index (χ2n) is 4.96. The number of nitrogens with one attached hydrogen (secondary N) is 1. The van der Waals surface area contributed by atoms with E-state index in [9.17, 15) is 4.79 Å². The molecule has 1 heterocycles. The van der Waals surface area contributed by atoms with Crippen LogP contribution in [0.5, 0.6) is 0 Å². The van der Waals surface area contributed by atoms with Crippen molar-refractivity contribution in [2.45, 2.75) is 19.3 Å². The smallest absolute Gasteiger partial charge is 0.170 e. The Morgan fingerprint density at radius 3 is 2.74 bits per heavy atom. The fourth-order valence-electron chi connectivity index (χ4n) is 2.61. The predicted octanol–water partition coefficient (Wildman–Crippen LogP) is 4.37. The van der Waals surface area contributed by atoms with Crippen molar-refractivity contribution in [1.82, 2.24) is 5.32 Å². The molecule has 104 valence electrons. The van der Waals surface area contributed by atoms with Gasteiger partial charge in [-0.15, -0.1) is 0 Å². The van der Waals surface area contributed by atoms with Gasteiger partial charge in [0.1, 0.15) is 0 Å². The largest absolute Gasteiger partial charge is 0.316 e. The van der Waals surface area contributed by atoms with Crippen molar-refractivity contribution in [2.75, 3.05) is 17.5 Å². The van der Waals surface area contributed by atoms with Gasteiger partial charge in [-0.2, -0.15) is 0 Å². The first-order valence-corrected chi connectivity index (χ1v) is 8.64. The first-order valence-electron chi connectivity index (χ1n) is 6.36. The molecule has 1 saturated heterocycles. The third-order valence-electron chi connectivity index (χ3n) is 3.71. The number of hydrogen-bond acceptors (Lipinski definition) is 2. The van der Waals surface area contributed by atoms with E-state index < -0.39 is 0 Å². The Balaban J connectivity index is 2.30. The summed E-state index contributed by atoms with van der Waals surface area (Å²) in [7, 11) is 0. The molecule has 0 aromatic heterocycles. The van der Waals surface area contributed by atoms with Crippen molar-refractivity contribution < 1.29 is 4.79 Å². The van der Waals surface area contributed by atoms with Crippen molar-refractivity contribution in [2.24, 2.45) is 5.41 Å². The number of carbonyl (C=O) groups is 1. The molecule has 0 bridgehead atoms. The van der Waals surface area contributed by atoms with Crippen LogP contribution in [0.2, 0.25) is 10.0 Å². The monoisotopic (exact) mass is 411 g/mol. The van der Waals surface area contributed by atoms with Crippen molar-refractivity contribution in [3.63, 3.8) is 0 Å². The molecule has 2 rings (SSSR count). The Morgan fingerprint density at radius 2 is 2.16 bits per heavy atom. The van der Waals surface area contributed by atoms with Crippen LogP contribution in [0.3, 0.4) is 0 Å². The van der Waals surface area contributed by atoms with Crippen molar-refractivity contribution >= 4 is 51.6 Å². The highest BCUT2D eigenvalue weighted by molar-refractivity contribution is 14.1. The van der Waals surface area contributed by atoms with Crippen LogP contribution >= 0.6 is 45.8 Å². The first kappa shape index (κ1) is 15.5. The predicted molar refractivity (Wildman–Crippen MR) is 88.8 cm³/mol. The number of halogens is 3. The highest BCUT2D eigenvalue weighted by atomic mass is 127. The Labute approximate surface area is 137 Å². The summed E-state index contributed by atoms with van der Waals surface area (Å²) in [6.45, 7) is 1.76. The zero-order valence-corrected chi connectivity index (χ0v) is 14.2. The summed E-state index contributed by atoms with van der Waals surface area (Å²) >= 11 is 14.3. The average molecular weight is 412 g/mol. The molecule has 1 aliphatic rings. The molecule has 1 aliphatic heterocycles. The Hall–Kier alpha value is 0.160. The van der Waals surface area contributed by atoms with E-state index in [1.165, 1.54) is 0 Å². The summed E-state index contributed by atoms with van der Waals surface area (Å²) in [6, 6.07) is 5.17. The van der Waals surface area contributed by atoms with E-state index in [0.29, 0.717) is 15.6 Å². The Bertz CT molecular complexity index is 467. The number of Topliss-reactive ketones (excluding diaryl/α,β-unsaturated/α-hetero) is 1. The second kappa shape index (κ2) is 6.74. The lowest BCUT2D eigenvalue weighted by atomic mass is 9.73. The van der Waals surface area contributed by atoms with E-state index in [4.69, 9.17) is 23.2 Å². The zero-order valence-electron chi connectivity index (χ0n) is 10.5. The van der Waals surface area contributed by atoms with E-state index in [1.807, 2.05) is 0 Å². The lowest BCUT2D eigenvalue weighted by molar-refractivity contribution is 0.0734. The van der Waals surface area contributed by atoms with Gasteiger partial charge in [0.15, 0.2) is 5.78 Å². The molecule has 1 atom stereocenters. The summed E-state index contributed by atoms with van der Waals surface area (Å²) in [6.07, 6.45) is 2.89. The number of carbonyl (C=O) groups excluding carboxylic acids is 1. The fourth-order valence-corrected chi connectivity index (χ4v) is 3.94. The summed E-state index contributed by atoms with van der Waals surface area (Å²) in [5.41, 5.74) is 0.388. The third kappa shape index (κ3) is 3.43. The van der Waals surface area contributed by atoms with Crippen LogP contribution in [0, 0.1) is 5.41 Å². The average Bonchev–Trinajstić information content (AvgIpc) is 2.42. The lowest BCUT2D eigenvalue weighted by Gasteiger charge is -2.36. The molecule has 0 amide bonds. The maximum Gasteiger partial charge on any atom is 0.170 e. The zero-order chi connectivity index (χ0) is 13.9. The van der Waals surface area contributed by atoms with Gasteiger partial charge in [-0.25, -0.2) is 0 Å². The van der Waals surface area contributed by atoms with Crippen molar-refractivity contribution in [1.29, 1.82) is 0 Å². The van der Waals surface area contributed by atoms with E-state index in [2.05, 4.69) is 27.9 Å². The second-order valence-corrected chi connectivity index (χ2v) is 6.85. The molecule has 0 saturated carbocycles. The van der Waals surface area contributed by atoms with Crippen LogP contribution in [0.1, 0.15) is 29.6 Å². The molecule has 0 radical (unpaired) electrons. The summed E-state index contributed by atoms with van der Waals surface area (Å²) < 4.78 is 0.979. The van der Waals surface area contributed by atoms with Gasteiger partial charge < -0.3 is 5.32 Å². The quantitative estimate of drug-likeness (QED) is 0.452. The molecule has 1 aromatic carbocycles. The Kier molecular flexibility index (Phi) is 5.52. The minimum atomic E-state index is -0.281. The summed E-state index contributed by atoms with van der Waals surface area (Å²) in [4.78, 5) is 12.8. The van der Waals surface area contributed by atoms with E-state index >= 15 is 0 Å². The maximum absolute atomic E-state index is 12.8. The molecule has 19 heavy (non-hydrogen) atoms. The molecular formula is C14H16Cl2INO. The van der Waals surface area contributed by atoms with E-state index in [1.54, 1.807) is 18.2 Å². The highest BCUT2D eigenvalue weighted by Crippen LogP contribution is 2.36. The molecule has 1 fully saturated rings. The number of ketones is 1.